The number of hydrogen-bond donors (Lipinski definition) is 2. The number of carbonyl (C=O) groups is 3. The Bertz CT molecular complexity index is 487. The molecule has 7 heteroatoms. The molecule has 0 bridgehead atoms. The molecule has 6 nitrogen and oxygen atoms in total. The van der Waals surface area contributed by atoms with E-state index in [4.69, 9.17) is 5.11 Å². The first-order valence-electron chi connectivity index (χ1n) is 7.67. The molecule has 130 valence electrons. The Hall–Kier alpha value is -1.50. The van der Waals surface area contributed by atoms with Gasteiger partial charge in [-0.05, 0) is 36.9 Å². The van der Waals surface area contributed by atoms with Gasteiger partial charge in [-0.1, -0.05) is 19.9 Å². The Labute approximate surface area is 141 Å². The third-order valence-electron chi connectivity index (χ3n) is 3.86. The first kappa shape index (κ1) is 19.5. The lowest BCUT2D eigenvalue weighted by Gasteiger charge is -2.07. The molecule has 23 heavy (non-hydrogen) atoms. The second kappa shape index (κ2) is 8.96. The summed E-state index contributed by atoms with van der Waals surface area (Å²) in [5.74, 6) is -0.517. The van der Waals surface area contributed by atoms with E-state index >= 15 is 0 Å². The van der Waals surface area contributed by atoms with Crippen LogP contribution in [0.15, 0.2) is 11.8 Å². The molecule has 2 N–H and O–H groups in total. The molecule has 1 rings (SSSR count). The van der Waals surface area contributed by atoms with Crippen LogP contribution in [-0.4, -0.2) is 41.6 Å². The molecular formula is C16H25NO5S. The van der Waals surface area contributed by atoms with Gasteiger partial charge in [-0.2, -0.15) is 11.8 Å². The van der Waals surface area contributed by atoms with Gasteiger partial charge in [0.15, 0.2) is 0 Å². The Morgan fingerprint density at radius 3 is 2.52 bits per heavy atom. The number of amides is 1. The highest BCUT2D eigenvalue weighted by molar-refractivity contribution is 7.99. The number of unbranched alkanes of at least 4 members (excludes halogenated alkanes) is 2. The number of rotatable bonds is 10. The van der Waals surface area contributed by atoms with E-state index in [1.54, 1.807) is 6.08 Å². The number of hydrogen-bond acceptors (Lipinski definition) is 5. The highest BCUT2D eigenvalue weighted by Gasteiger charge is 2.50. The van der Waals surface area contributed by atoms with Crippen molar-refractivity contribution in [2.24, 2.45) is 11.3 Å². The van der Waals surface area contributed by atoms with Crippen molar-refractivity contribution in [3.63, 3.8) is 0 Å². The van der Waals surface area contributed by atoms with Crippen molar-refractivity contribution in [3.8, 4) is 0 Å². The molecular weight excluding hydrogens is 318 g/mol. The molecule has 0 heterocycles. The van der Waals surface area contributed by atoms with Crippen molar-refractivity contribution in [2.45, 2.75) is 39.5 Å². The van der Waals surface area contributed by atoms with Crippen molar-refractivity contribution < 1.29 is 24.2 Å². The second-order valence-corrected chi connectivity index (χ2v) is 7.39. The molecule has 0 aromatic carbocycles. The zero-order chi connectivity index (χ0) is 17.5. The molecule has 1 aliphatic rings. The van der Waals surface area contributed by atoms with E-state index < -0.39 is 5.97 Å². The average molecular weight is 343 g/mol. The number of esters is 1. The smallest absolute Gasteiger partial charge is 0.352 e. The fourth-order valence-corrected chi connectivity index (χ4v) is 2.97. The van der Waals surface area contributed by atoms with E-state index in [0.29, 0.717) is 12.2 Å². The fourth-order valence-electron chi connectivity index (χ4n) is 2.14. The molecule has 1 fully saturated rings. The fraction of sp³-hybridized carbons (Fsp3) is 0.688. The Morgan fingerprint density at radius 2 is 2.00 bits per heavy atom. The third kappa shape index (κ3) is 7.07. The predicted octanol–water partition coefficient (Wildman–Crippen LogP) is 2.19. The van der Waals surface area contributed by atoms with Crippen molar-refractivity contribution in [3.05, 3.63) is 11.8 Å². The van der Waals surface area contributed by atoms with Gasteiger partial charge in [-0.3, -0.25) is 9.59 Å². The number of methoxy groups -OCH3 is 1. The van der Waals surface area contributed by atoms with Gasteiger partial charge in [-0.15, -0.1) is 0 Å². The summed E-state index contributed by atoms with van der Waals surface area (Å²) in [6, 6.07) is 0. The second-order valence-electron chi connectivity index (χ2n) is 6.28. The molecule has 0 saturated heterocycles. The van der Waals surface area contributed by atoms with Crippen LogP contribution in [0.5, 0.6) is 0 Å². The van der Waals surface area contributed by atoms with Crippen molar-refractivity contribution >= 4 is 29.6 Å². The zero-order valence-corrected chi connectivity index (χ0v) is 14.7. The minimum atomic E-state index is -1.11. The van der Waals surface area contributed by atoms with Gasteiger partial charge in [-0.25, -0.2) is 4.79 Å². The molecule has 0 aliphatic heterocycles. The maximum atomic E-state index is 11.9. The van der Waals surface area contributed by atoms with Gasteiger partial charge in [0.2, 0.25) is 5.91 Å². The number of nitrogens with one attached hydrogen (secondary N) is 1. The van der Waals surface area contributed by atoms with Gasteiger partial charge in [0.25, 0.3) is 0 Å². The number of ether oxygens (including phenoxy) is 1. The van der Waals surface area contributed by atoms with E-state index in [1.807, 2.05) is 13.8 Å². The number of carboxylic acid groups (broad SMARTS) is 1. The topological polar surface area (TPSA) is 92.7 Å². The summed E-state index contributed by atoms with van der Waals surface area (Å²) in [5.41, 5.74) is -0.0650. The number of allylic oxidation sites excluding steroid dienone is 1. The molecule has 0 radical (unpaired) electrons. The van der Waals surface area contributed by atoms with E-state index in [9.17, 15) is 14.4 Å². The molecule has 1 unspecified atom stereocenters. The Kier molecular flexibility index (Phi) is 7.61. The normalized spacial score (nSPS) is 19.1. The molecule has 1 aliphatic carbocycles. The van der Waals surface area contributed by atoms with Crippen molar-refractivity contribution in [1.82, 2.24) is 5.32 Å². The summed E-state index contributed by atoms with van der Waals surface area (Å²) in [6.45, 7) is 3.99. The molecule has 0 aromatic heterocycles. The number of thioether (sulfide) groups is 1. The van der Waals surface area contributed by atoms with Gasteiger partial charge < -0.3 is 15.2 Å². The Balaban J connectivity index is 2.26. The summed E-state index contributed by atoms with van der Waals surface area (Å²) in [5, 5.41) is 11.7. The lowest BCUT2D eigenvalue weighted by molar-refractivity contribution is -0.137. The predicted molar refractivity (Wildman–Crippen MR) is 88.9 cm³/mol. The largest absolute Gasteiger partial charge is 0.477 e. The van der Waals surface area contributed by atoms with Gasteiger partial charge in [0.05, 0.1) is 12.9 Å². The Morgan fingerprint density at radius 1 is 1.35 bits per heavy atom. The average Bonchev–Trinajstić information content (AvgIpc) is 3.13. The van der Waals surface area contributed by atoms with E-state index in [0.717, 1.165) is 25.0 Å². The van der Waals surface area contributed by atoms with Crippen LogP contribution in [0.25, 0.3) is 0 Å². The summed E-state index contributed by atoms with van der Waals surface area (Å²) in [4.78, 5) is 34.0. The van der Waals surface area contributed by atoms with Crippen molar-refractivity contribution in [2.75, 3.05) is 18.6 Å². The van der Waals surface area contributed by atoms with Gasteiger partial charge in [0.1, 0.15) is 5.70 Å². The lowest BCUT2D eigenvalue weighted by Crippen LogP contribution is -2.29. The van der Waals surface area contributed by atoms with Crippen LogP contribution in [0, 0.1) is 11.3 Å². The molecule has 0 spiro atoms. The summed E-state index contributed by atoms with van der Waals surface area (Å²) >= 11 is 1.49. The van der Waals surface area contributed by atoms with E-state index in [1.165, 1.54) is 18.9 Å². The van der Waals surface area contributed by atoms with E-state index in [2.05, 4.69) is 10.1 Å². The highest BCUT2D eigenvalue weighted by Crippen LogP contribution is 2.51. The third-order valence-corrected chi connectivity index (χ3v) is 4.87. The minimum absolute atomic E-state index is 0.0233. The van der Waals surface area contributed by atoms with Crippen LogP contribution in [0.1, 0.15) is 39.5 Å². The van der Waals surface area contributed by atoms with E-state index in [-0.39, 0.29) is 28.9 Å². The summed E-state index contributed by atoms with van der Waals surface area (Å²) < 4.78 is 4.54. The van der Waals surface area contributed by atoms with Crippen LogP contribution in [0.4, 0.5) is 0 Å². The quantitative estimate of drug-likeness (QED) is 0.359. The number of carbonyl (C=O) groups excluding carboxylic acids is 2. The molecule has 1 saturated carbocycles. The van der Waals surface area contributed by atoms with Gasteiger partial charge >= 0.3 is 11.9 Å². The minimum Gasteiger partial charge on any atom is -0.477 e. The lowest BCUT2D eigenvalue weighted by atomic mass is 10.1. The van der Waals surface area contributed by atoms with Crippen LogP contribution in [-0.2, 0) is 19.1 Å². The van der Waals surface area contributed by atoms with Crippen molar-refractivity contribution in [1.29, 1.82) is 0 Å². The molecule has 1 atom stereocenters. The summed E-state index contributed by atoms with van der Waals surface area (Å²) in [6.07, 6.45) is 4.60. The molecule has 0 aromatic rings. The van der Waals surface area contributed by atoms with Crippen LogP contribution in [0.2, 0.25) is 0 Å². The maximum absolute atomic E-state index is 11.9. The van der Waals surface area contributed by atoms with Crippen LogP contribution in [0.3, 0.4) is 0 Å². The zero-order valence-electron chi connectivity index (χ0n) is 13.9. The number of carboxylic acids is 1. The van der Waals surface area contributed by atoms with Crippen LogP contribution >= 0.6 is 11.8 Å². The maximum Gasteiger partial charge on any atom is 0.352 e. The monoisotopic (exact) mass is 343 g/mol. The highest BCUT2D eigenvalue weighted by atomic mass is 32.2. The van der Waals surface area contributed by atoms with Gasteiger partial charge in [0, 0.05) is 5.92 Å². The standard InChI is InChI=1S/C16H25NO5S/c1-16(2)9-11(16)14(19)17-12(15(20)21)7-5-4-6-8-23-10-13(18)22-3/h7,11H,4-6,8-10H2,1-3H3,(H,17,19)(H,20,21)/b12-7+. The first-order valence-corrected chi connectivity index (χ1v) is 8.82. The van der Waals surface area contributed by atoms with Crippen LogP contribution < -0.4 is 5.32 Å². The number of aliphatic carboxylic acids is 1. The molecule has 1 amide bonds. The first-order chi connectivity index (χ1) is 10.8. The SMILES string of the molecule is COC(=O)CSCCCC/C=C(/NC(=O)C1CC1(C)C)C(=O)O. The summed E-state index contributed by atoms with van der Waals surface area (Å²) in [7, 11) is 1.36.